The minimum atomic E-state index is -2.45. The van der Waals surface area contributed by atoms with E-state index in [1.54, 1.807) is 34.6 Å². The minimum Gasteiger partial charge on any atom is -0.443 e. The Balaban J connectivity index is 2.50. The van der Waals surface area contributed by atoms with Crippen molar-refractivity contribution >= 4 is 20.3 Å². The average molecular weight is 462 g/mol. The molecule has 0 saturated carbocycles. The molecule has 31 heavy (non-hydrogen) atoms. The first-order chi connectivity index (χ1) is 13.8. The van der Waals surface area contributed by atoms with Crippen LogP contribution in [0.3, 0.4) is 0 Å². The summed E-state index contributed by atoms with van der Waals surface area (Å²) in [6.45, 7) is 18.9. The van der Waals surface area contributed by atoms with Crippen molar-refractivity contribution < 1.29 is 38.4 Å². The number of carbonyl (C=O) groups excluding carboxylic acids is 2. The van der Waals surface area contributed by atoms with E-state index in [0.29, 0.717) is 0 Å². The fraction of sp³-hybridized carbons (Fsp3) is 0.905. The Labute approximate surface area is 186 Å². The first-order valence-corrected chi connectivity index (χ1v) is 13.6. The van der Waals surface area contributed by atoms with Crippen LogP contribution in [0.15, 0.2) is 0 Å². The van der Waals surface area contributed by atoms with Crippen molar-refractivity contribution in [1.29, 1.82) is 0 Å². The van der Waals surface area contributed by atoms with Crippen LogP contribution in [-0.4, -0.2) is 83.9 Å². The van der Waals surface area contributed by atoms with E-state index < -0.39 is 62.2 Å². The molecule has 0 aromatic heterocycles. The average Bonchev–Trinajstić information content (AvgIpc) is 3.02. The number of hydrogen-bond donors (Lipinski definition) is 2. The van der Waals surface area contributed by atoms with Crippen LogP contribution in [0, 0.1) is 0 Å². The number of imide groups is 1. The maximum Gasteiger partial charge on any atom is 0.417 e. The predicted octanol–water partition coefficient (Wildman–Crippen LogP) is 2.40. The highest BCUT2D eigenvalue weighted by Gasteiger charge is 2.58. The summed E-state index contributed by atoms with van der Waals surface area (Å²) >= 11 is 0. The van der Waals surface area contributed by atoms with Crippen molar-refractivity contribution in [2.45, 2.75) is 115 Å². The van der Waals surface area contributed by atoms with Gasteiger partial charge >= 0.3 is 6.09 Å². The number of nitrogens with zero attached hydrogens (tertiary/aromatic N) is 1. The molecule has 9 nitrogen and oxygen atoms in total. The summed E-state index contributed by atoms with van der Waals surface area (Å²) < 4.78 is 23.7. The van der Waals surface area contributed by atoms with Gasteiger partial charge in [0.2, 0.25) is 0 Å². The van der Waals surface area contributed by atoms with Gasteiger partial charge in [-0.1, -0.05) is 20.8 Å². The largest absolute Gasteiger partial charge is 0.443 e. The van der Waals surface area contributed by atoms with E-state index >= 15 is 0 Å². The zero-order valence-corrected chi connectivity index (χ0v) is 21.4. The zero-order valence-electron chi connectivity index (χ0n) is 20.4. The molecule has 2 aliphatic rings. The van der Waals surface area contributed by atoms with Gasteiger partial charge < -0.3 is 28.8 Å². The highest BCUT2D eigenvalue weighted by Crippen LogP contribution is 2.41. The molecule has 2 heterocycles. The maximum atomic E-state index is 12.9. The van der Waals surface area contributed by atoms with Crippen LogP contribution in [0.5, 0.6) is 0 Å². The number of hydrogen-bond acceptors (Lipinski definition) is 8. The van der Waals surface area contributed by atoms with Gasteiger partial charge in [0.15, 0.2) is 20.2 Å². The Bertz CT molecular complexity index is 696. The van der Waals surface area contributed by atoms with E-state index in [9.17, 15) is 19.8 Å². The van der Waals surface area contributed by atoms with E-state index in [-0.39, 0.29) is 11.6 Å². The third kappa shape index (κ3) is 5.66. The number of rotatable bonds is 4. The zero-order chi connectivity index (χ0) is 24.2. The molecule has 10 heteroatoms. The molecule has 180 valence electrons. The molecule has 0 aliphatic carbocycles. The van der Waals surface area contributed by atoms with Crippen LogP contribution in [-0.2, 0) is 23.4 Å². The monoisotopic (exact) mass is 461 g/mol. The molecular weight excluding hydrogens is 422 g/mol. The standard InChI is InChI=1S/C21H39NO8Si/c1-19(2,3)29-18(26)22-13(14(23)15(24)17(22)25)16(12-11-27-21(7,8)28-12)30-31(9,10)20(4,5)6/h12-16,23-24H,11H2,1-10H3/t12-,13?,14+,15+,16-/m0/s1. The minimum absolute atomic E-state index is 0.155. The number of likely N-dealkylation sites (tertiary alicyclic amines) is 1. The molecular formula is C21H39NO8Si. The second-order valence-corrected chi connectivity index (χ2v) is 16.1. The molecule has 2 saturated heterocycles. The van der Waals surface area contributed by atoms with Gasteiger partial charge in [0.1, 0.15) is 17.8 Å². The van der Waals surface area contributed by atoms with Crippen molar-refractivity contribution in [2.75, 3.05) is 6.61 Å². The first-order valence-electron chi connectivity index (χ1n) is 10.7. The summed E-state index contributed by atoms with van der Waals surface area (Å²) in [5.41, 5.74) is -0.870. The summed E-state index contributed by atoms with van der Waals surface area (Å²) in [4.78, 5) is 26.5. The van der Waals surface area contributed by atoms with Crippen molar-refractivity contribution in [1.82, 2.24) is 4.90 Å². The van der Waals surface area contributed by atoms with Gasteiger partial charge in [-0.3, -0.25) is 4.79 Å². The molecule has 0 radical (unpaired) electrons. The Hall–Kier alpha value is -1.04. The number of ether oxygens (including phenoxy) is 3. The molecule has 2 N–H and O–H groups in total. The number of carbonyl (C=O) groups is 2. The summed E-state index contributed by atoms with van der Waals surface area (Å²) in [5.74, 6) is -1.81. The van der Waals surface area contributed by atoms with Crippen LogP contribution in [0.1, 0.15) is 55.4 Å². The highest BCUT2D eigenvalue weighted by atomic mass is 28.4. The summed E-state index contributed by atoms with van der Waals surface area (Å²) in [6.07, 6.45) is -5.83. The lowest BCUT2D eigenvalue weighted by molar-refractivity contribution is -0.157. The van der Waals surface area contributed by atoms with Gasteiger partial charge in [0.05, 0.1) is 18.8 Å². The van der Waals surface area contributed by atoms with Gasteiger partial charge in [0, 0.05) is 0 Å². The highest BCUT2D eigenvalue weighted by molar-refractivity contribution is 6.74. The molecule has 2 aliphatic heterocycles. The molecule has 0 bridgehead atoms. The van der Waals surface area contributed by atoms with Crippen molar-refractivity contribution in [3.05, 3.63) is 0 Å². The van der Waals surface area contributed by atoms with E-state index in [2.05, 4.69) is 20.8 Å². The van der Waals surface area contributed by atoms with E-state index in [0.717, 1.165) is 4.90 Å². The van der Waals surface area contributed by atoms with E-state index in [1.807, 2.05) is 13.1 Å². The molecule has 0 aromatic rings. The van der Waals surface area contributed by atoms with E-state index in [4.69, 9.17) is 18.6 Å². The third-order valence-electron chi connectivity index (χ3n) is 6.02. The molecule has 0 spiro atoms. The fourth-order valence-electron chi connectivity index (χ4n) is 3.40. The van der Waals surface area contributed by atoms with Crippen LogP contribution < -0.4 is 0 Å². The maximum absolute atomic E-state index is 12.9. The van der Waals surface area contributed by atoms with Gasteiger partial charge in [-0.2, -0.15) is 0 Å². The van der Waals surface area contributed by atoms with Crippen LogP contribution in [0.25, 0.3) is 0 Å². The molecule has 2 rings (SSSR count). The van der Waals surface area contributed by atoms with E-state index in [1.165, 1.54) is 0 Å². The number of aliphatic hydroxyl groups excluding tert-OH is 2. The summed E-state index contributed by atoms with van der Waals surface area (Å²) in [7, 11) is -2.45. The molecule has 5 atom stereocenters. The molecule has 2 fully saturated rings. The fourth-order valence-corrected chi connectivity index (χ4v) is 4.72. The Kier molecular flexibility index (Phi) is 7.09. The number of amides is 2. The Morgan fingerprint density at radius 3 is 2.16 bits per heavy atom. The predicted molar refractivity (Wildman–Crippen MR) is 116 cm³/mol. The lowest BCUT2D eigenvalue weighted by atomic mass is 10.0. The second kappa shape index (κ2) is 8.38. The van der Waals surface area contributed by atoms with Crippen molar-refractivity contribution in [2.24, 2.45) is 0 Å². The molecule has 1 unspecified atom stereocenters. The molecule has 0 aromatic carbocycles. The Morgan fingerprint density at radius 2 is 1.74 bits per heavy atom. The van der Waals surface area contributed by atoms with Crippen molar-refractivity contribution in [3.63, 3.8) is 0 Å². The smallest absolute Gasteiger partial charge is 0.417 e. The lowest BCUT2D eigenvalue weighted by Gasteiger charge is -2.44. The van der Waals surface area contributed by atoms with Crippen LogP contribution >= 0.6 is 0 Å². The first kappa shape index (κ1) is 26.2. The second-order valence-electron chi connectivity index (χ2n) is 11.3. The summed E-state index contributed by atoms with van der Waals surface area (Å²) in [6, 6.07) is -1.19. The molecule has 2 amide bonds. The number of aliphatic hydroxyl groups is 2. The SMILES string of the molecule is CC(C)(C)OC(=O)N1C(=O)[C@H](O)[C@H](O)C1[C@@H](O[Si](C)(C)C(C)(C)C)[C@@H]1COC(C)(C)O1. The quantitative estimate of drug-likeness (QED) is 0.614. The van der Waals surface area contributed by atoms with Gasteiger partial charge in [-0.25, -0.2) is 9.69 Å². The lowest BCUT2D eigenvalue weighted by Crippen LogP contribution is -2.59. The van der Waals surface area contributed by atoms with Crippen molar-refractivity contribution in [3.8, 4) is 0 Å². The van der Waals surface area contributed by atoms with Crippen LogP contribution in [0.2, 0.25) is 18.1 Å². The topological polar surface area (TPSA) is 115 Å². The Morgan fingerprint density at radius 1 is 1.19 bits per heavy atom. The van der Waals surface area contributed by atoms with Crippen LogP contribution in [0.4, 0.5) is 4.79 Å². The third-order valence-corrected chi connectivity index (χ3v) is 10.5. The van der Waals surface area contributed by atoms with Gasteiger partial charge in [-0.15, -0.1) is 0 Å². The summed E-state index contributed by atoms with van der Waals surface area (Å²) in [5, 5.41) is 21.0. The van der Waals surface area contributed by atoms with Gasteiger partial charge in [0.25, 0.3) is 5.91 Å². The van der Waals surface area contributed by atoms with Gasteiger partial charge in [-0.05, 0) is 52.8 Å². The normalized spacial score (nSPS) is 30.6.